The van der Waals surface area contributed by atoms with Crippen molar-refractivity contribution in [2.75, 3.05) is 5.73 Å². The lowest BCUT2D eigenvalue weighted by Gasteiger charge is -1.98. The lowest BCUT2D eigenvalue weighted by Crippen LogP contribution is -1.90. The summed E-state index contributed by atoms with van der Waals surface area (Å²) in [4.78, 5) is 1.53. The summed E-state index contributed by atoms with van der Waals surface area (Å²) in [6, 6.07) is 10.3. The van der Waals surface area contributed by atoms with E-state index in [-0.39, 0.29) is 0 Å². The molecule has 0 unspecified atom stereocenters. The molecule has 2 heterocycles. The molecular weight excluding hydrogens is 268 g/mol. The molecule has 20 heavy (non-hydrogen) atoms. The molecule has 0 aliphatic rings. The summed E-state index contributed by atoms with van der Waals surface area (Å²) in [6.07, 6.45) is 0.787. The number of aryl methyl sites for hydroxylation is 1. The summed E-state index contributed by atoms with van der Waals surface area (Å²) in [6.45, 7) is 4.09. The Labute approximate surface area is 121 Å². The number of thiophene rings is 1. The Morgan fingerprint density at radius 2 is 2.15 bits per heavy atom. The summed E-state index contributed by atoms with van der Waals surface area (Å²) >= 11 is 1.40. The molecule has 0 saturated carbocycles. The number of nitriles is 1. The van der Waals surface area contributed by atoms with Gasteiger partial charge in [0, 0.05) is 5.39 Å². The van der Waals surface area contributed by atoms with E-state index < -0.39 is 0 Å². The van der Waals surface area contributed by atoms with Gasteiger partial charge in [0.1, 0.15) is 22.3 Å². The van der Waals surface area contributed by atoms with E-state index in [9.17, 15) is 0 Å². The van der Waals surface area contributed by atoms with Crippen LogP contribution >= 0.6 is 11.3 Å². The number of nitrogens with zero attached hydrogens (tertiary/aromatic N) is 1. The predicted molar refractivity (Wildman–Crippen MR) is 82.8 cm³/mol. The molecule has 0 spiro atoms. The maximum absolute atomic E-state index is 9.12. The maximum Gasteiger partial charge on any atom is 0.145 e. The third-order valence-corrected chi connectivity index (χ3v) is 4.57. The van der Waals surface area contributed by atoms with Crippen molar-refractivity contribution >= 4 is 28.0 Å². The van der Waals surface area contributed by atoms with Gasteiger partial charge < -0.3 is 10.2 Å². The quantitative estimate of drug-likeness (QED) is 0.753. The van der Waals surface area contributed by atoms with Crippen LogP contribution in [0.1, 0.15) is 22.9 Å². The van der Waals surface area contributed by atoms with Crippen molar-refractivity contribution in [1.29, 1.82) is 5.26 Å². The van der Waals surface area contributed by atoms with E-state index in [4.69, 9.17) is 15.4 Å². The molecule has 4 heteroatoms. The zero-order valence-corrected chi connectivity index (χ0v) is 12.2. The van der Waals surface area contributed by atoms with Crippen LogP contribution in [0, 0.1) is 18.3 Å². The van der Waals surface area contributed by atoms with Crippen LogP contribution in [0.3, 0.4) is 0 Å². The fourth-order valence-corrected chi connectivity index (χ4v) is 3.45. The van der Waals surface area contributed by atoms with Crippen molar-refractivity contribution in [3.63, 3.8) is 0 Å². The number of furan rings is 1. The number of hydrogen-bond donors (Lipinski definition) is 1. The van der Waals surface area contributed by atoms with Crippen molar-refractivity contribution in [2.45, 2.75) is 20.3 Å². The van der Waals surface area contributed by atoms with Crippen molar-refractivity contribution in [2.24, 2.45) is 0 Å². The molecule has 100 valence electrons. The van der Waals surface area contributed by atoms with Crippen LogP contribution in [0.25, 0.3) is 21.6 Å². The van der Waals surface area contributed by atoms with Crippen LogP contribution < -0.4 is 5.73 Å². The zero-order valence-electron chi connectivity index (χ0n) is 11.4. The lowest BCUT2D eigenvalue weighted by molar-refractivity contribution is 0.632. The molecule has 3 aromatic rings. The summed E-state index contributed by atoms with van der Waals surface area (Å²) in [7, 11) is 0. The van der Waals surface area contributed by atoms with E-state index in [2.05, 4.69) is 19.1 Å². The van der Waals surface area contributed by atoms with Crippen LogP contribution in [0.4, 0.5) is 5.69 Å². The highest BCUT2D eigenvalue weighted by Crippen LogP contribution is 2.40. The SMILES string of the molecule is CCc1c(-c2cc3cc(C)ccc3o2)sc(C#N)c1N. The first-order chi connectivity index (χ1) is 9.63. The Morgan fingerprint density at radius 3 is 2.85 bits per heavy atom. The second-order valence-corrected chi connectivity index (χ2v) is 5.79. The summed E-state index contributed by atoms with van der Waals surface area (Å²) in [5.74, 6) is 0.792. The molecule has 0 fully saturated rings. The van der Waals surface area contributed by atoms with E-state index in [1.165, 1.54) is 16.9 Å². The third-order valence-electron chi connectivity index (χ3n) is 3.40. The minimum atomic E-state index is 0.563. The summed E-state index contributed by atoms with van der Waals surface area (Å²) in [5.41, 5.74) is 9.68. The Morgan fingerprint density at radius 1 is 1.35 bits per heavy atom. The van der Waals surface area contributed by atoms with Gasteiger partial charge in [0.05, 0.1) is 10.6 Å². The van der Waals surface area contributed by atoms with Crippen molar-refractivity contribution < 1.29 is 4.42 Å². The van der Waals surface area contributed by atoms with Crippen LogP contribution in [-0.4, -0.2) is 0 Å². The van der Waals surface area contributed by atoms with Crippen LogP contribution in [0.2, 0.25) is 0 Å². The highest BCUT2D eigenvalue weighted by Gasteiger charge is 2.18. The van der Waals surface area contributed by atoms with Gasteiger partial charge in [-0.05, 0) is 37.1 Å². The van der Waals surface area contributed by atoms with E-state index in [1.54, 1.807) is 0 Å². The molecule has 3 rings (SSSR count). The smallest absolute Gasteiger partial charge is 0.145 e. The second kappa shape index (κ2) is 4.69. The van der Waals surface area contributed by atoms with Crippen LogP contribution in [0.5, 0.6) is 0 Å². The molecular formula is C16H14N2OS. The third kappa shape index (κ3) is 1.87. The topological polar surface area (TPSA) is 63.0 Å². The normalized spacial score (nSPS) is 10.8. The monoisotopic (exact) mass is 282 g/mol. The van der Waals surface area contributed by atoms with Gasteiger partial charge in [0.2, 0.25) is 0 Å². The second-order valence-electron chi connectivity index (χ2n) is 4.77. The van der Waals surface area contributed by atoms with E-state index >= 15 is 0 Å². The number of rotatable bonds is 2. The highest BCUT2D eigenvalue weighted by molar-refractivity contribution is 7.16. The van der Waals surface area contributed by atoms with Crippen molar-refractivity contribution in [3.05, 3.63) is 40.3 Å². The fourth-order valence-electron chi connectivity index (χ4n) is 2.39. The van der Waals surface area contributed by atoms with Gasteiger partial charge in [-0.15, -0.1) is 11.3 Å². The summed E-state index contributed by atoms with van der Waals surface area (Å²) < 4.78 is 5.91. The Balaban J connectivity index is 2.23. The number of hydrogen-bond acceptors (Lipinski definition) is 4. The van der Waals surface area contributed by atoms with Gasteiger partial charge in [-0.2, -0.15) is 5.26 Å². The van der Waals surface area contributed by atoms with Gasteiger partial charge in [-0.1, -0.05) is 18.6 Å². The minimum absolute atomic E-state index is 0.563. The average Bonchev–Trinajstić information content (AvgIpc) is 2.98. The molecule has 0 atom stereocenters. The predicted octanol–water partition coefficient (Wildman–Crippen LogP) is 4.49. The molecule has 2 N–H and O–H groups in total. The molecule has 0 radical (unpaired) electrons. The Hall–Kier alpha value is -2.25. The van der Waals surface area contributed by atoms with E-state index in [1.807, 2.05) is 25.1 Å². The molecule has 0 saturated heterocycles. The first-order valence-corrected chi connectivity index (χ1v) is 7.27. The first kappa shape index (κ1) is 12.8. The largest absolute Gasteiger partial charge is 0.455 e. The number of fused-ring (bicyclic) bond motifs is 1. The van der Waals surface area contributed by atoms with Crippen LogP contribution in [-0.2, 0) is 6.42 Å². The average molecular weight is 282 g/mol. The first-order valence-electron chi connectivity index (χ1n) is 6.45. The number of anilines is 1. The summed E-state index contributed by atoms with van der Waals surface area (Å²) in [5, 5.41) is 10.2. The fraction of sp³-hybridized carbons (Fsp3) is 0.188. The van der Waals surface area contributed by atoms with Crippen molar-refractivity contribution in [3.8, 4) is 16.7 Å². The van der Waals surface area contributed by atoms with E-state index in [0.717, 1.165) is 33.6 Å². The maximum atomic E-state index is 9.12. The number of benzene rings is 1. The molecule has 0 aliphatic heterocycles. The molecule has 0 bridgehead atoms. The highest BCUT2D eigenvalue weighted by atomic mass is 32.1. The minimum Gasteiger partial charge on any atom is -0.455 e. The Kier molecular flexibility index (Phi) is 3.00. The van der Waals surface area contributed by atoms with Crippen molar-refractivity contribution in [1.82, 2.24) is 0 Å². The number of nitrogens with two attached hydrogens (primary N) is 1. The van der Waals surface area contributed by atoms with Gasteiger partial charge in [0.25, 0.3) is 0 Å². The molecule has 0 aliphatic carbocycles. The molecule has 0 amide bonds. The molecule has 3 nitrogen and oxygen atoms in total. The standard InChI is InChI=1S/C16H14N2OS/c1-3-11-15(18)14(8-17)20-16(11)13-7-10-6-9(2)4-5-12(10)19-13/h4-7H,3,18H2,1-2H3. The zero-order chi connectivity index (χ0) is 14.3. The van der Waals surface area contributed by atoms with Gasteiger partial charge in [-0.3, -0.25) is 0 Å². The van der Waals surface area contributed by atoms with Gasteiger partial charge in [-0.25, -0.2) is 0 Å². The molecule has 2 aromatic heterocycles. The van der Waals surface area contributed by atoms with Gasteiger partial charge >= 0.3 is 0 Å². The van der Waals surface area contributed by atoms with E-state index in [0.29, 0.717) is 10.6 Å². The number of nitrogen functional groups attached to an aromatic ring is 1. The molecule has 1 aromatic carbocycles. The Bertz CT molecular complexity index is 836. The van der Waals surface area contributed by atoms with Gasteiger partial charge in [0.15, 0.2) is 0 Å². The lowest BCUT2D eigenvalue weighted by atomic mass is 10.1. The van der Waals surface area contributed by atoms with Crippen LogP contribution in [0.15, 0.2) is 28.7 Å².